The highest BCUT2D eigenvalue weighted by atomic mass is 35.5. The van der Waals surface area contributed by atoms with Crippen molar-refractivity contribution in [2.75, 3.05) is 5.88 Å². The van der Waals surface area contributed by atoms with Crippen molar-refractivity contribution in [3.8, 4) is 0 Å². The van der Waals surface area contributed by atoms with Gasteiger partial charge in [0.2, 0.25) is 0 Å². The van der Waals surface area contributed by atoms with E-state index in [9.17, 15) is 4.79 Å². The zero-order valence-electron chi connectivity index (χ0n) is 6.53. The number of hydrogen-bond donors (Lipinski definition) is 0. The first-order chi connectivity index (χ1) is 5.86. The van der Waals surface area contributed by atoms with Crippen LogP contribution in [0, 0.1) is 0 Å². The number of rotatable bonds is 3. The molecule has 0 saturated carbocycles. The maximum Gasteiger partial charge on any atom is 0.150 e. The van der Waals surface area contributed by atoms with Crippen LogP contribution in [0.25, 0.3) is 6.08 Å². The van der Waals surface area contributed by atoms with Gasteiger partial charge in [-0.25, -0.2) is 0 Å². The van der Waals surface area contributed by atoms with E-state index in [-0.39, 0.29) is 0 Å². The Balaban J connectivity index is 2.86. The molecule has 0 amide bonds. The Bertz CT molecular complexity index is 292. The molecule has 0 aliphatic heterocycles. The minimum absolute atomic E-state index is 0.491. The Morgan fingerprint density at radius 1 is 1.33 bits per heavy atom. The van der Waals surface area contributed by atoms with Crippen molar-refractivity contribution in [1.82, 2.24) is 0 Å². The number of benzene rings is 1. The standard InChI is InChI=1S/C10H9ClO/c11-6-2-5-9-3-1-4-10(7-9)8-12/h1-5,7-8H,6H2. The summed E-state index contributed by atoms with van der Waals surface area (Å²) in [5, 5.41) is 0. The molecule has 0 spiro atoms. The van der Waals surface area contributed by atoms with Crippen LogP contribution < -0.4 is 0 Å². The largest absolute Gasteiger partial charge is 0.298 e. The molecule has 12 heavy (non-hydrogen) atoms. The summed E-state index contributed by atoms with van der Waals surface area (Å²) in [4.78, 5) is 10.4. The summed E-state index contributed by atoms with van der Waals surface area (Å²) in [7, 11) is 0. The Hall–Kier alpha value is -1.08. The number of carbonyl (C=O) groups excluding carboxylic acids is 1. The van der Waals surface area contributed by atoms with Gasteiger partial charge < -0.3 is 0 Å². The second-order valence-electron chi connectivity index (χ2n) is 2.34. The molecule has 0 heterocycles. The molecule has 0 aliphatic rings. The molecule has 1 aromatic carbocycles. The van der Waals surface area contributed by atoms with Gasteiger partial charge in [0.25, 0.3) is 0 Å². The summed E-state index contributed by atoms with van der Waals surface area (Å²) in [5.41, 5.74) is 1.69. The molecule has 62 valence electrons. The van der Waals surface area contributed by atoms with Crippen LogP contribution in [0.3, 0.4) is 0 Å². The molecule has 1 aromatic rings. The zero-order chi connectivity index (χ0) is 8.81. The van der Waals surface area contributed by atoms with Crippen LogP contribution in [0.5, 0.6) is 0 Å². The van der Waals surface area contributed by atoms with Crippen molar-refractivity contribution in [1.29, 1.82) is 0 Å². The predicted octanol–water partition coefficient (Wildman–Crippen LogP) is 2.75. The van der Waals surface area contributed by atoms with Crippen molar-refractivity contribution in [3.05, 3.63) is 41.5 Å². The zero-order valence-corrected chi connectivity index (χ0v) is 7.29. The minimum Gasteiger partial charge on any atom is -0.298 e. The Labute approximate surface area is 76.7 Å². The highest BCUT2D eigenvalue weighted by Gasteiger charge is 1.89. The van der Waals surface area contributed by atoms with Crippen LogP contribution in [0.1, 0.15) is 15.9 Å². The van der Waals surface area contributed by atoms with E-state index in [2.05, 4.69) is 0 Å². The van der Waals surface area contributed by atoms with E-state index in [1.54, 1.807) is 6.07 Å². The second-order valence-corrected chi connectivity index (χ2v) is 2.65. The lowest BCUT2D eigenvalue weighted by atomic mass is 10.1. The van der Waals surface area contributed by atoms with E-state index in [4.69, 9.17) is 11.6 Å². The van der Waals surface area contributed by atoms with Gasteiger partial charge in [-0.05, 0) is 11.6 Å². The normalized spacial score (nSPS) is 10.4. The van der Waals surface area contributed by atoms with Crippen molar-refractivity contribution >= 4 is 24.0 Å². The van der Waals surface area contributed by atoms with E-state index >= 15 is 0 Å². The van der Waals surface area contributed by atoms with Gasteiger partial charge in [0, 0.05) is 11.4 Å². The fourth-order valence-corrected chi connectivity index (χ4v) is 1.01. The summed E-state index contributed by atoms with van der Waals surface area (Å²) in [5.74, 6) is 0.491. The maximum absolute atomic E-state index is 10.4. The highest BCUT2D eigenvalue weighted by molar-refractivity contribution is 6.19. The van der Waals surface area contributed by atoms with Crippen LogP contribution in [0.15, 0.2) is 30.3 Å². The number of halogens is 1. The average Bonchev–Trinajstić information content (AvgIpc) is 2.15. The van der Waals surface area contributed by atoms with Crippen LogP contribution in [-0.2, 0) is 0 Å². The molecule has 0 radical (unpaired) electrons. The SMILES string of the molecule is O=Cc1cccc(C=CCCl)c1. The third kappa shape index (κ3) is 2.51. The summed E-state index contributed by atoms with van der Waals surface area (Å²) in [6.45, 7) is 0. The molecule has 0 saturated heterocycles. The monoisotopic (exact) mass is 180 g/mol. The number of alkyl halides is 1. The van der Waals surface area contributed by atoms with E-state index in [0.717, 1.165) is 11.8 Å². The molecule has 0 aliphatic carbocycles. The summed E-state index contributed by atoms with van der Waals surface area (Å²) >= 11 is 5.47. The molecular formula is C10H9ClO. The maximum atomic E-state index is 10.4. The molecule has 0 aromatic heterocycles. The molecule has 1 nitrogen and oxygen atoms in total. The number of allylic oxidation sites excluding steroid dienone is 1. The molecule has 0 unspecified atom stereocenters. The lowest BCUT2D eigenvalue weighted by molar-refractivity contribution is 0.112. The first-order valence-corrected chi connectivity index (χ1v) is 4.18. The first-order valence-electron chi connectivity index (χ1n) is 3.64. The van der Waals surface area contributed by atoms with Gasteiger partial charge in [0.1, 0.15) is 6.29 Å². The van der Waals surface area contributed by atoms with Crippen LogP contribution >= 0.6 is 11.6 Å². The minimum atomic E-state index is 0.491. The van der Waals surface area contributed by atoms with Gasteiger partial charge in [-0.15, -0.1) is 11.6 Å². The van der Waals surface area contributed by atoms with Gasteiger partial charge in [-0.1, -0.05) is 30.4 Å². The fraction of sp³-hybridized carbons (Fsp3) is 0.100. The topological polar surface area (TPSA) is 17.1 Å². The number of aldehydes is 1. The number of carbonyl (C=O) groups is 1. The fourth-order valence-electron chi connectivity index (χ4n) is 0.917. The molecule has 0 atom stereocenters. The van der Waals surface area contributed by atoms with Crippen molar-refractivity contribution in [2.24, 2.45) is 0 Å². The lowest BCUT2D eigenvalue weighted by Crippen LogP contribution is -1.79. The van der Waals surface area contributed by atoms with Gasteiger partial charge in [0.05, 0.1) is 0 Å². The van der Waals surface area contributed by atoms with Crippen LogP contribution in [0.4, 0.5) is 0 Å². The Morgan fingerprint density at radius 2 is 2.08 bits per heavy atom. The van der Waals surface area contributed by atoms with Gasteiger partial charge in [0.15, 0.2) is 0 Å². The molecule has 0 N–H and O–H groups in total. The van der Waals surface area contributed by atoms with E-state index < -0.39 is 0 Å². The quantitative estimate of drug-likeness (QED) is 0.517. The van der Waals surface area contributed by atoms with Crippen LogP contribution in [0.2, 0.25) is 0 Å². The van der Waals surface area contributed by atoms with Gasteiger partial charge in [-0.2, -0.15) is 0 Å². The first kappa shape index (κ1) is 9.01. The summed E-state index contributed by atoms with van der Waals surface area (Å²) in [6, 6.07) is 7.36. The van der Waals surface area contributed by atoms with E-state index in [1.165, 1.54) is 0 Å². The third-order valence-corrected chi connectivity index (χ3v) is 1.62. The third-order valence-electron chi connectivity index (χ3n) is 1.45. The summed E-state index contributed by atoms with van der Waals surface area (Å²) < 4.78 is 0. The van der Waals surface area contributed by atoms with Gasteiger partial charge >= 0.3 is 0 Å². The highest BCUT2D eigenvalue weighted by Crippen LogP contribution is 2.05. The predicted molar refractivity (Wildman–Crippen MR) is 51.6 cm³/mol. The summed E-state index contributed by atoms with van der Waals surface area (Å²) in [6.07, 6.45) is 4.56. The molecule has 2 heteroatoms. The average molecular weight is 181 g/mol. The van der Waals surface area contributed by atoms with Crippen molar-refractivity contribution < 1.29 is 4.79 Å². The second kappa shape index (κ2) is 4.73. The van der Waals surface area contributed by atoms with Gasteiger partial charge in [-0.3, -0.25) is 4.79 Å². The smallest absolute Gasteiger partial charge is 0.150 e. The number of hydrogen-bond acceptors (Lipinski definition) is 1. The molecule has 0 bridgehead atoms. The Kier molecular flexibility index (Phi) is 3.55. The lowest BCUT2D eigenvalue weighted by Gasteiger charge is -1.93. The molecule has 0 fully saturated rings. The van der Waals surface area contributed by atoms with E-state index in [1.807, 2.05) is 30.4 Å². The Morgan fingerprint density at radius 3 is 2.75 bits per heavy atom. The van der Waals surface area contributed by atoms with Crippen LogP contribution in [-0.4, -0.2) is 12.2 Å². The molecule has 1 rings (SSSR count). The van der Waals surface area contributed by atoms with Crippen molar-refractivity contribution in [3.63, 3.8) is 0 Å². The van der Waals surface area contributed by atoms with E-state index in [0.29, 0.717) is 11.4 Å². The molecular weight excluding hydrogens is 172 g/mol. The van der Waals surface area contributed by atoms with Crippen molar-refractivity contribution in [2.45, 2.75) is 0 Å².